The highest BCUT2D eigenvalue weighted by Gasteiger charge is 1.99. The SMILES string of the molecule is CC(C)CC1=CC=C1. The maximum Gasteiger partial charge on any atom is -0.0256 e. The van der Waals surface area contributed by atoms with Gasteiger partial charge >= 0.3 is 0 Å². The first-order valence-electron chi connectivity index (χ1n) is 3.16. The molecule has 0 N–H and O–H groups in total. The molecular formula is C8H12. The topological polar surface area (TPSA) is 0 Å². The minimum absolute atomic E-state index is 0.811. The molecule has 0 unspecified atom stereocenters. The maximum absolute atomic E-state index is 2.24. The van der Waals surface area contributed by atoms with Crippen LogP contribution in [0.5, 0.6) is 0 Å². The van der Waals surface area contributed by atoms with Gasteiger partial charge in [0.2, 0.25) is 0 Å². The van der Waals surface area contributed by atoms with Gasteiger partial charge in [0.1, 0.15) is 0 Å². The van der Waals surface area contributed by atoms with E-state index in [0.717, 1.165) is 5.92 Å². The summed E-state index contributed by atoms with van der Waals surface area (Å²) in [5, 5.41) is 0. The van der Waals surface area contributed by atoms with E-state index in [1.54, 1.807) is 0 Å². The van der Waals surface area contributed by atoms with Crippen molar-refractivity contribution in [2.24, 2.45) is 5.92 Å². The molecule has 0 bridgehead atoms. The molecule has 0 spiro atoms. The number of hydrogen-bond donors (Lipinski definition) is 0. The van der Waals surface area contributed by atoms with Gasteiger partial charge in [-0.1, -0.05) is 32.1 Å². The van der Waals surface area contributed by atoms with E-state index in [1.807, 2.05) is 0 Å². The highest BCUT2D eigenvalue weighted by atomic mass is 14.0. The van der Waals surface area contributed by atoms with Gasteiger partial charge in [0.15, 0.2) is 0 Å². The van der Waals surface area contributed by atoms with Crippen molar-refractivity contribution in [2.45, 2.75) is 20.3 Å². The normalized spacial score (nSPS) is 16.1. The number of hydrogen-bond acceptors (Lipinski definition) is 0. The van der Waals surface area contributed by atoms with Crippen molar-refractivity contribution < 1.29 is 0 Å². The van der Waals surface area contributed by atoms with Crippen LogP contribution < -0.4 is 0 Å². The Kier molecular flexibility index (Phi) is 1.52. The second-order valence-corrected chi connectivity index (χ2v) is 2.70. The molecule has 0 atom stereocenters. The standard InChI is InChI=1S/C8H12/c1-7(2)6-8-4-3-5-8/h3-5,7H,6H2,1-2H3. The lowest BCUT2D eigenvalue weighted by Gasteiger charge is -2.08. The first kappa shape index (κ1) is 5.61. The molecule has 0 aromatic heterocycles. The van der Waals surface area contributed by atoms with Crippen molar-refractivity contribution in [1.82, 2.24) is 0 Å². The van der Waals surface area contributed by atoms with Gasteiger partial charge in [-0.15, -0.1) is 0 Å². The third-order valence-electron chi connectivity index (χ3n) is 1.26. The first-order chi connectivity index (χ1) is 3.79. The van der Waals surface area contributed by atoms with Crippen LogP contribution in [0.4, 0.5) is 0 Å². The third kappa shape index (κ3) is 1.22. The van der Waals surface area contributed by atoms with E-state index in [9.17, 15) is 0 Å². The van der Waals surface area contributed by atoms with Crippen LogP contribution in [0.1, 0.15) is 20.3 Å². The summed E-state index contributed by atoms with van der Waals surface area (Å²) in [6.07, 6.45) is 7.70. The van der Waals surface area contributed by atoms with Crippen molar-refractivity contribution in [3.63, 3.8) is 0 Å². The number of rotatable bonds is 2. The fourth-order valence-electron chi connectivity index (χ4n) is 0.840. The molecule has 0 heterocycles. The monoisotopic (exact) mass is 108 g/mol. The molecule has 0 heteroatoms. The van der Waals surface area contributed by atoms with Gasteiger partial charge in [0.25, 0.3) is 0 Å². The van der Waals surface area contributed by atoms with Crippen molar-refractivity contribution in [1.29, 1.82) is 0 Å². The molecule has 1 aliphatic rings. The van der Waals surface area contributed by atoms with Crippen molar-refractivity contribution in [2.75, 3.05) is 0 Å². The molecule has 0 radical (unpaired) electrons. The van der Waals surface area contributed by atoms with Gasteiger partial charge < -0.3 is 0 Å². The summed E-state index contributed by atoms with van der Waals surface area (Å²) in [4.78, 5) is 0. The first-order valence-corrected chi connectivity index (χ1v) is 3.16. The second kappa shape index (κ2) is 2.17. The quantitative estimate of drug-likeness (QED) is 0.510. The van der Waals surface area contributed by atoms with Crippen LogP contribution in [0.25, 0.3) is 0 Å². The fraction of sp³-hybridized carbons (Fsp3) is 0.500. The lowest BCUT2D eigenvalue weighted by atomic mass is 9.98. The maximum atomic E-state index is 2.24. The Labute approximate surface area is 50.9 Å². The summed E-state index contributed by atoms with van der Waals surface area (Å²) < 4.78 is 0. The third-order valence-corrected chi connectivity index (χ3v) is 1.26. The fourth-order valence-corrected chi connectivity index (χ4v) is 0.840. The molecule has 0 aromatic carbocycles. The molecule has 1 rings (SSSR count). The molecule has 0 amide bonds. The second-order valence-electron chi connectivity index (χ2n) is 2.70. The highest BCUT2D eigenvalue weighted by Crippen LogP contribution is 2.16. The molecule has 44 valence electrons. The van der Waals surface area contributed by atoms with Crippen molar-refractivity contribution >= 4 is 0 Å². The Hall–Kier alpha value is -0.520. The predicted molar refractivity (Wildman–Crippen MR) is 36.7 cm³/mol. The van der Waals surface area contributed by atoms with Gasteiger partial charge in [0.05, 0.1) is 0 Å². The highest BCUT2D eigenvalue weighted by molar-refractivity contribution is 5.35. The molecule has 8 heavy (non-hydrogen) atoms. The van der Waals surface area contributed by atoms with E-state index in [2.05, 4.69) is 32.1 Å². The van der Waals surface area contributed by atoms with Gasteiger partial charge in [-0.3, -0.25) is 0 Å². The van der Waals surface area contributed by atoms with Crippen LogP contribution >= 0.6 is 0 Å². The molecule has 0 saturated carbocycles. The zero-order valence-corrected chi connectivity index (χ0v) is 5.52. The minimum atomic E-state index is 0.811. The Morgan fingerprint density at radius 1 is 1.50 bits per heavy atom. The molecule has 0 aromatic rings. The molecule has 1 aliphatic carbocycles. The van der Waals surface area contributed by atoms with Crippen molar-refractivity contribution in [3.05, 3.63) is 23.8 Å². The summed E-state index contributed by atoms with van der Waals surface area (Å²) in [6.45, 7) is 4.49. The number of allylic oxidation sites excluding steroid dienone is 4. The summed E-state index contributed by atoms with van der Waals surface area (Å²) in [6, 6.07) is 0. The molecule has 0 saturated heterocycles. The lowest BCUT2D eigenvalue weighted by molar-refractivity contribution is 0.648. The van der Waals surface area contributed by atoms with Gasteiger partial charge in [-0.25, -0.2) is 0 Å². The predicted octanol–water partition coefficient (Wildman–Crippen LogP) is 2.53. The van der Waals surface area contributed by atoms with Crippen LogP contribution in [-0.4, -0.2) is 0 Å². The van der Waals surface area contributed by atoms with Crippen LogP contribution in [0.3, 0.4) is 0 Å². The van der Waals surface area contributed by atoms with Crippen LogP contribution in [0, 0.1) is 5.92 Å². The largest absolute Gasteiger partial charge is 0.0625 e. The average Bonchev–Trinajstić information content (AvgIpc) is 1.55. The van der Waals surface area contributed by atoms with E-state index in [1.165, 1.54) is 12.0 Å². The molecular weight excluding hydrogens is 96.1 g/mol. The summed E-state index contributed by atoms with van der Waals surface area (Å²) in [5.41, 5.74) is 1.50. The molecule has 0 aliphatic heterocycles. The zero-order chi connectivity index (χ0) is 5.98. The molecule has 0 fully saturated rings. The summed E-state index contributed by atoms with van der Waals surface area (Å²) in [5.74, 6) is 0.811. The minimum Gasteiger partial charge on any atom is -0.0625 e. The smallest absolute Gasteiger partial charge is 0.0256 e. The van der Waals surface area contributed by atoms with E-state index in [-0.39, 0.29) is 0 Å². The van der Waals surface area contributed by atoms with Crippen LogP contribution in [-0.2, 0) is 0 Å². The zero-order valence-electron chi connectivity index (χ0n) is 5.52. The van der Waals surface area contributed by atoms with Crippen LogP contribution in [0.15, 0.2) is 23.8 Å². The van der Waals surface area contributed by atoms with E-state index in [4.69, 9.17) is 0 Å². The Balaban J connectivity index is 2.20. The van der Waals surface area contributed by atoms with Gasteiger partial charge in [-0.2, -0.15) is 0 Å². The van der Waals surface area contributed by atoms with Gasteiger partial charge in [0, 0.05) is 0 Å². The summed E-state index contributed by atoms with van der Waals surface area (Å²) >= 11 is 0. The van der Waals surface area contributed by atoms with Crippen molar-refractivity contribution in [3.8, 4) is 0 Å². The van der Waals surface area contributed by atoms with E-state index < -0.39 is 0 Å². The summed E-state index contributed by atoms with van der Waals surface area (Å²) in [7, 11) is 0. The Morgan fingerprint density at radius 2 is 2.12 bits per heavy atom. The molecule has 0 nitrogen and oxygen atoms in total. The van der Waals surface area contributed by atoms with Gasteiger partial charge in [-0.05, 0) is 17.9 Å². The Morgan fingerprint density at radius 3 is 2.25 bits per heavy atom. The Bertz CT molecular complexity index is 127. The van der Waals surface area contributed by atoms with Crippen LogP contribution in [0.2, 0.25) is 0 Å². The lowest BCUT2D eigenvalue weighted by Crippen LogP contribution is -1.91. The van der Waals surface area contributed by atoms with E-state index >= 15 is 0 Å². The average molecular weight is 108 g/mol. The van der Waals surface area contributed by atoms with E-state index in [0.29, 0.717) is 0 Å².